The SMILES string of the molecule is O=C(OCC[n+]1ccccc1)c1ccccc1. The van der Waals surface area contributed by atoms with E-state index in [-0.39, 0.29) is 5.97 Å². The molecule has 1 aromatic carbocycles. The summed E-state index contributed by atoms with van der Waals surface area (Å²) in [5.41, 5.74) is 0.588. The summed E-state index contributed by atoms with van der Waals surface area (Å²) in [6, 6.07) is 14.8. The number of esters is 1. The van der Waals surface area contributed by atoms with E-state index < -0.39 is 0 Å². The molecule has 0 fully saturated rings. The van der Waals surface area contributed by atoms with Crippen molar-refractivity contribution in [2.45, 2.75) is 6.54 Å². The van der Waals surface area contributed by atoms with Crippen LogP contribution in [0.4, 0.5) is 0 Å². The second-order valence-corrected chi connectivity index (χ2v) is 3.62. The van der Waals surface area contributed by atoms with Crippen LogP contribution in [0.1, 0.15) is 10.4 Å². The normalized spacial score (nSPS) is 9.88. The molecule has 0 aliphatic carbocycles. The van der Waals surface area contributed by atoms with Gasteiger partial charge in [0.05, 0.1) is 5.56 Å². The molecular formula is C14H14NO2+. The third-order valence-electron chi connectivity index (χ3n) is 2.37. The highest BCUT2D eigenvalue weighted by Gasteiger charge is 2.06. The Hall–Kier alpha value is -2.16. The van der Waals surface area contributed by atoms with Crippen molar-refractivity contribution in [1.29, 1.82) is 0 Å². The summed E-state index contributed by atoms with van der Waals surface area (Å²) in [5.74, 6) is -0.276. The Balaban J connectivity index is 1.82. The number of rotatable bonds is 4. The van der Waals surface area contributed by atoms with Gasteiger partial charge in [-0.15, -0.1) is 0 Å². The third kappa shape index (κ3) is 3.41. The number of pyridine rings is 1. The van der Waals surface area contributed by atoms with Crippen LogP contribution in [0.2, 0.25) is 0 Å². The van der Waals surface area contributed by atoms with Gasteiger partial charge in [0.1, 0.15) is 0 Å². The van der Waals surface area contributed by atoms with Crippen LogP contribution in [0.3, 0.4) is 0 Å². The molecule has 0 radical (unpaired) electrons. The molecule has 1 aromatic heterocycles. The van der Waals surface area contributed by atoms with Crippen molar-refractivity contribution in [2.75, 3.05) is 6.61 Å². The number of ether oxygens (including phenoxy) is 1. The Morgan fingerprint density at radius 1 is 1.00 bits per heavy atom. The van der Waals surface area contributed by atoms with E-state index in [1.807, 2.05) is 53.4 Å². The van der Waals surface area contributed by atoms with Crippen LogP contribution in [0, 0.1) is 0 Å². The summed E-state index contributed by atoms with van der Waals surface area (Å²) >= 11 is 0. The fraction of sp³-hybridized carbons (Fsp3) is 0.143. The summed E-state index contributed by atoms with van der Waals surface area (Å²) in [6.45, 7) is 1.04. The van der Waals surface area contributed by atoms with E-state index >= 15 is 0 Å². The molecule has 2 rings (SSSR count). The maximum absolute atomic E-state index is 11.6. The van der Waals surface area contributed by atoms with Gasteiger partial charge >= 0.3 is 5.97 Å². The smallest absolute Gasteiger partial charge is 0.338 e. The maximum Gasteiger partial charge on any atom is 0.338 e. The Morgan fingerprint density at radius 2 is 1.65 bits per heavy atom. The van der Waals surface area contributed by atoms with Crippen molar-refractivity contribution in [3.8, 4) is 0 Å². The highest BCUT2D eigenvalue weighted by atomic mass is 16.5. The second-order valence-electron chi connectivity index (χ2n) is 3.62. The Labute approximate surface area is 100 Å². The van der Waals surface area contributed by atoms with E-state index in [9.17, 15) is 4.79 Å². The average Bonchev–Trinajstić information content (AvgIpc) is 2.41. The predicted molar refractivity (Wildman–Crippen MR) is 63.4 cm³/mol. The Bertz CT molecular complexity index is 468. The van der Waals surface area contributed by atoms with Gasteiger partial charge in [0.15, 0.2) is 25.5 Å². The van der Waals surface area contributed by atoms with E-state index in [0.717, 1.165) is 0 Å². The lowest BCUT2D eigenvalue weighted by Gasteiger charge is -2.02. The van der Waals surface area contributed by atoms with E-state index in [4.69, 9.17) is 4.74 Å². The van der Waals surface area contributed by atoms with Crippen LogP contribution in [-0.4, -0.2) is 12.6 Å². The van der Waals surface area contributed by atoms with Crippen molar-refractivity contribution in [2.24, 2.45) is 0 Å². The summed E-state index contributed by atoms with van der Waals surface area (Å²) in [4.78, 5) is 11.6. The number of hydrogen-bond donors (Lipinski definition) is 0. The highest BCUT2D eigenvalue weighted by molar-refractivity contribution is 5.89. The molecule has 0 unspecified atom stereocenters. The molecule has 1 heterocycles. The molecule has 86 valence electrons. The van der Waals surface area contributed by atoms with Crippen LogP contribution in [0.25, 0.3) is 0 Å². The van der Waals surface area contributed by atoms with Gasteiger partial charge in [0.2, 0.25) is 0 Å². The molecule has 0 aliphatic heterocycles. The van der Waals surface area contributed by atoms with Gasteiger partial charge in [-0.25, -0.2) is 9.36 Å². The molecule has 0 atom stereocenters. The molecule has 3 nitrogen and oxygen atoms in total. The molecule has 17 heavy (non-hydrogen) atoms. The number of benzene rings is 1. The van der Waals surface area contributed by atoms with Gasteiger partial charge < -0.3 is 4.74 Å². The van der Waals surface area contributed by atoms with Crippen molar-refractivity contribution in [3.05, 3.63) is 66.5 Å². The highest BCUT2D eigenvalue weighted by Crippen LogP contribution is 2.00. The number of nitrogens with zero attached hydrogens (tertiary/aromatic N) is 1. The minimum absolute atomic E-state index is 0.276. The number of aromatic nitrogens is 1. The largest absolute Gasteiger partial charge is 0.455 e. The first-order valence-corrected chi connectivity index (χ1v) is 5.52. The van der Waals surface area contributed by atoms with Crippen LogP contribution in [-0.2, 0) is 11.3 Å². The lowest BCUT2D eigenvalue weighted by atomic mass is 10.2. The van der Waals surface area contributed by atoms with Gasteiger partial charge in [-0.3, -0.25) is 0 Å². The molecule has 2 aromatic rings. The number of carbonyl (C=O) groups excluding carboxylic acids is 1. The first kappa shape index (κ1) is 11.3. The van der Waals surface area contributed by atoms with Gasteiger partial charge in [-0.05, 0) is 12.1 Å². The van der Waals surface area contributed by atoms with Crippen molar-refractivity contribution in [3.63, 3.8) is 0 Å². The molecule has 0 N–H and O–H groups in total. The van der Waals surface area contributed by atoms with E-state index in [2.05, 4.69) is 0 Å². The Kier molecular flexibility index (Phi) is 3.86. The standard InChI is InChI=1S/C14H14NO2/c16-14(13-7-3-1-4-8-13)17-12-11-15-9-5-2-6-10-15/h1-10H,11-12H2/q+1. The van der Waals surface area contributed by atoms with Gasteiger partial charge in [0.25, 0.3) is 0 Å². The average molecular weight is 228 g/mol. The van der Waals surface area contributed by atoms with E-state index in [1.54, 1.807) is 12.1 Å². The first-order chi connectivity index (χ1) is 8.36. The van der Waals surface area contributed by atoms with Crippen LogP contribution in [0.5, 0.6) is 0 Å². The predicted octanol–water partition coefficient (Wildman–Crippen LogP) is 1.83. The van der Waals surface area contributed by atoms with Crippen molar-refractivity contribution >= 4 is 5.97 Å². The lowest BCUT2D eigenvalue weighted by molar-refractivity contribution is -0.697. The molecule has 0 saturated carbocycles. The summed E-state index contributed by atoms with van der Waals surface area (Å²) in [7, 11) is 0. The minimum Gasteiger partial charge on any atom is -0.455 e. The topological polar surface area (TPSA) is 30.2 Å². The molecule has 0 saturated heterocycles. The van der Waals surface area contributed by atoms with Gasteiger partial charge in [-0.2, -0.15) is 0 Å². The molecule has 0 aliphatic rings. The summed E-state index contributed by atoms with van der Waals surface area (Å²) < 4.78 is 7.14. The Morgan fingerprint density at radius 3 is 2.35 bits per heavy atom. The molecule has 0 amide bonds. The summed E-state index contributed by atoms with van der Waals surface area (Å²) in [6.07, 6.45) is 3.88. The molecular weight excluding hydrogens is 214 g/mol. The maximum atomic E-state index is 11.6. The van der Waals surface area contributed by atoms with Crippen LogP contribution < -0.4 is 4.57 Å². The zero-order valence-electron chi connectivity index (χ0n) is 9.45. The lowest BCUT2D eigenvalue weighted by Crippen LogP contribution is -2.35. The molecule has 3 heteroatoms. The number of hydrogen-bond acceptors (Lipinski definition) is 2. The van der Waals surface area contributed by atoms with Gasteiger partial charge in [-0.1, -0.05) is 24.3 Å². The van der Waals surface area contributed by atoms with Crippen molar-refractivity contribution in [1.82, 2.24) is 0 Å². The van der Waals surface area contributed by atoms with Crippen LogP contribution >= 0.6 is 0 Å². The van der Waals surface area contributed by atoms with E-state index in [1.165, 1.54) is 0 Å². The zero-order valence-corrected chi connectivity index (χ0v) is 9.45. The van der Waals surface area contributed by atoms with E-state index in [0.29, 0.717) is 18.7 Å². The zero-order chi connectivity index (χ0) is 11.9. The van der Waals surface area contributed by atoms with Crippen molar-refractivity contribution < 1.29 is 14.1 Å². The number of carbonyl (C=O) groups is 1. The van der Waals surface area contributed by atoms with Crippen LogP contribution in [0.15, 0.2) is 60.9 Å². The monoisotopic (exact) mass is 228 g/mol. The molecule has 0 spiro atoms. The minimum atomic E-state index is -0.276. The molecule has 0 bridgehead atoms. The van der Waals surface area contributed by atoms with Gasteiger partial charge in [0, 0.05) is 12.1 Å². The fourth-order valence-corrected chi connectivity index (χ4v) is 1.48. The first-order valence-electron chi connectivity index (χ1n) is 5.52. The second kappa shape index (κ2) is 5.80. The quantitative estimate of drug-likeness (QED) is 0.590. The fourth-order valence-electron chi connectivity index (χ4n) is 1.48. The summed E-state index contributed by atoms with van der Waals surface area (Å²) in [5, 5.41) is 0. The third-order valence-corrected chi connectivity index (χ3v) is 2.37.